The van der Waals surface area contributed by atoms with Crippen LogP contribution in [-0.2, 0) is 0 Å². The number of pyridine rings is 1. The average molecular weight is 234 g/mol. The number of anilines is 1. The van der Waals surface area contributed by atoms with Crippen molar-refractivity contribution in [2.45, 2.75) is 13.0 Å². The summed E-state index contributed by atoms with van der Waals surface area (Å²) < 4.78 is 26.4. The number of halogens is 2. The zero-order valence-corrected chi connectivity index (χ0v) is 9.32. The SMILES string of the molecule is CC(Nc1cc(F)ccc1F)c1ccncc1. The van der Waals surface area contributed by atoms with Crippen molar-refractivity contribution in [3.63, 3.8) is 0 Å². The number of nitrogens with one attached hydrogen (secondary N) is 1. The highest BCUT2D eigenvalue weighted by atomic mass is 19.1. The van der Waals surface area contributed by atoms with Crippen LogP contribution in [0.3, 0.4) is 0 Å². The Kier molecular flexibility index (Phi) is 3.32. The van der Waals surface area contributed by atoms with Gasteiger partial charge in [-0.1, -0.05) is 0 Å². The van der Waals surface area contributed by atoms with Gasteiger partial charge in [0, 0.05) is 18.4 Å². The number of rotatable bonds is 3. The summed E-state index contributed by atoms with van der Waals surface area (Å²) in [5.74, 6) is -0.928. The first-order valence-electron chi connectivity index (χ1n) is 5.28. The molecule has 0 spiro atoms. The molecule has 1 N–H and O–H groups in total. The summed E-state index contributed by atoms with van der Waals surface area (Å²) in [5.41, 5.74) is 1.12. The summed E-state index contributed by atoms with van der Waals surface area (Å²) in [5, 5.41) is 2.92. The second-order valence-electron chi connectivity index (χ2n) is 3.77. The predicted molar refractivity (Wildman–Crippen MR) is 62.6 cm³/mol. The van der Waals surface area contributed by atoms with Gasteiger partial charge in [-0.3, -0.25) is 4.98 Å². The number of aromatic nitrogens is 1. The van der Waals surface area contributed by atoms with Gasteiger partial charge in [0.25, 0.3) is 0 Å². The van der Waals surface area contributed by atoms with E-state index in [4.69, 9.17) is 0 Å². The van der Waals surface area contributed by atoms with Crippen molar-refractivity contribution < 1.29 is 8.78 Å². The largest absolute Gasteiger partial charge is 0.376 e. The molecule has 0 aliphatic rings. The van der Waals surface area contributed by atoms with Gasteiger partial charge < -0.3 is 5.32 Å². The van der Waals surface area contributed by atoms with Gasteiger partial charge >= 0.3 is 0 Å². The zero-order valence-electron chi connectivity index (χ0n) is 9.32. The Morgan fingerprint density at radius 1 is 1.12 bits per heavy atom. The van der Waals surface area contributed by atoms with Crippen molar-refractivity contribution in [3.05, 3.63) is 59.9 Å². The minimum absolute atomic E-state index is 0.116. The van der Waals surface area contributed by atoms with Crippen LogP contribution in [-0.4, -0.2) is 4.98 Å². The standard InChI is InChI=1S/C13H12F2N2/c1-9(10-4-6-16-7-5-10)17-13-8-11(14)2-3-12(13)15/h2-9,17H,1H3. The highest BCUT2D eigenvalue weighted by Gasteiger charge is 2.09. The molecule has 1 heterocycles. The van der Waals surface area contributed by atoms with Gasteiger partial charge in [0.2, 0.25) is 0 Å². The van der Waals surface area contributed by atoms with Gasteiger partial charge in [0.05, 0.1) is 5.69 Å². The molecule has 4 heteroatoms. The molecular formula is C13H12F2N2. The lowest BCUT2D eigenvalue weighted by Gasteiger charge is -2.15. The van der Waals surface area contributed by atoms with Gasteiger partial charge in [0.1, 0.15) is 11.6 Å². The number of nitrogens with zero attached hydrogens (tertiary/aromatic N) is 1. The molecule has 1 atom stereocenters. The lowest BCUT2D eigenvalue weighted by Crippen LogP contribution is -2.08. The van der Waals surface area contributed by atoms with Crippen molar-refractivity contribution >= 4 is 5.69 Å². The minimum atomic E-state index is -0.465. The molecule has 2 rings (SSSR count). The molecule has 0 amide bonds. The third-order valence-corrected chi connectivity index (χ3v) is 2.51. The topological polar surface area (TPSA) is 24.9 Å². The Morgan fingerprint density at radius 2 is 1.82 bits per heavy atom. The van der Waals surface area contributed by atoms with Gasteiger partial charge in [-0.2, -0.15) is 0 Å². The van der Waals surface area contributed by atoms with E-state index in [0.29, 0.717) is 0 Å². The van der Waals surface area contributed by atoms with Crippen molar-refractivity contribution in [1.82, 2.24) is 4.98 Å². The van der Waals surface area contributed by atoms with Crippen LogP contribution in [0.1, 0.15) is 18.5 Å². The van der Waals surface area contributed by atoms with Gasteiger partial charge in [0.15, 0.2) is 0 Å². The number of hydrogen-bond acceptors (Lipinski definition) is 2. The highest BCUT2D eigenvalue weighted by Crippen LogP contribution is 2.21. The van der Waals surface area contributed by atoms with Crippen LogP contribution in [0.4, 0.5) is 14.5 Å². The van der Waals surface area contributed by atoms with Crippen molar-refractivity contribution in [2.24, 2.45) is 0 Å². The van der Waals surface area contributed by atoms with E-state index in [1.807, 2.05) is 19.1 Å². The van der Waals surface area contributed by atoms with E-state index >= 15 is 0 Å². The maximum absolute atomic E-state index is 13.4. The molecule has 1 unspecified atom stereocenters. The van der Waals surface area contributed by atoms with E-state index in [2.05, 4.69) is 10.3 Å². The van der Waals surface area contributed by atoms with Crippen LogP contribution in [0, 0.1) is 11.6 Å². The lowest BCUT2D eigenvalue weighted by molar-refractivity contribution is 0.600. The maximum Gasteiger partial charge on any atom is 0.146 e. The molecule has 2 nitrogen and oxygen atoms in total. The second-order valence-corrected chi connectivity index (χ2v) is 3.77. The fourth-order valence-corrected chi connectivity index (χ4v) is 1.58. The molecule has 1 aromatic heterocycles. The predicted octanol–water partition coefficient (Wildman–Crippen LogP) is 3.53. The quantitative estimate of drug-likeness (QED) is 0.878. The molecule has 88 valence electrons. The third kappa shape index (κ3) is 2.78. The van der Waals surface area contributed by atoms with Gasteiger partial charge in [-0.25, -0.2) is 8.78 Å². The summed E-state index contributed by atoms with van der Waals surface area (Å²) in [6.07, 6.45) is 3.32. The summed E-state index contributed by atoms with van der Waals surface area (Å²) in [6, 6.07) is 6.89. The Labute approximate surface area is 98.3 Å². The van der Waals surface area contributed by atoms with Crippen LogP contribution < -0.4 is 5.32 Å². The van der Waals surface area contributed by atoms with Gasteiger partial charge in [-0.05, 0) is 42.8 Å². The van der Waals surface area contributed by atoms with Crippen LogP contribution in [0.5, 0.6) is 0 Å². The first-order valence-corrected chi connectivity index (χ1v) is 5.28. The number of hydrogen-bond donors (Lipinski definition) is 1. The molecule has 0 bridgehead atoms. The van der Waals surface area contributed by atoms with Crippen LogP contribution in [0.25, 0.3) is 0 Å². The molecule has 0 saturated heterocycles. The fraction of sp³-hybridized carbons (Fsp3) is 0.154. The molecule has 0 fully saturated rings. The molecule has 1 aromatic carbocycles. The molecule has 17 heavy (non-hydrogen) atoms. The molecule has 0 aliphatic heterocycles. The van der Waals surface area contributed by atoms with E-state index in [1.54, 1.807) is 12.4 Å². The Hall–Kier alpha value is -1.97. The van der Waals surface area contributed by atoms with Crippen molar-refractivity contribution in [2.75, 3.05) is 5.32 Å². The highest BCUT2D eigenvalue weighted by molar-refractivity contribution is 5.46. The fourth-order valence-electron chi connectivity index (χ4n) is 1.58. The van der Waals surface area contributed by atoms with E-state index in [0.717, 1.165) is 23.8 Å². The Balaban J connectivity index is 2.18. The maximum atomic E-state index is 13.4. The molecule has 0 aliphatic carbocycles. The van der Waals surface area contributed by atoms with Crippen LogP contribution >= 0.6 is 0 Å². The summed E-state index contributed by atoms with van der Waals surface area (Å²) >= 11 is 0. The molecule has 0 radical (unpaired) electrons. The van der Waals surface area contributed by atoms with Crippen molar-refractivity contribution in [3.8, 4) is 0 Å². The summed E-state index contributed by atoms with van der Waals surface area (Å²) in [4.78, 5) is 3.90. The van der Waals surface area contributed by atoms with E-state index in [9.17, 15) is 8.78 Å². The molecular weight excluding hydrogens is 222 g/mol. The molecule has 2 aromatic rings. The first kappa shape index (κ1) is 11.5. The smallest absolute Gasteiger partial charge is 0.146 e. The van der Waals surface area contributed by atoms with Crippen molar-refractivity contribution in [1.29, 1.82) is 0 Å². The van der Waals surface area contributed by atoms with E-state index < -0.39 is 11.6 Å². The monoisotopic (exact) mass is 234 g/mol. The Bertz CT molecular complexity index is 500. The third-order valence-electron chi connectivity index (χ3n) is 2.51. The first-order chi connectivity index (χ1) is 8.16. The minimum Gasteiger partial charge on any atom is -0.376 e. The normalized spacial score (nSPS) is 12.2. The van der Waals surface area contributed by atoms with E-state index in [-0.39, 0.29) is 11.7 Å². The van der Waals surface area contributed by atoms with Gasteiger partial charge in [-0.15, -0.1) is 0 Å². The molecule has 0 saturated carbocycles. The summed E-state index contributed by atoms with van der Waals surface area (Å²) in [6.45, 7) is 1.87. The zero-order chi connectivity index (χ0) is 12.3. The Morgan fingerprint density at radius 3 is 2.53 bits per heavy atom. The number of benzene rings is 1. The lowest BCUT2D eigenvalue weighted by atomic mass is 10.1. The average Bonchev–Trinajstić information content (AvgIpc) is 2.35. The van der Waals surface area contributed by atoms with E-state index in [1.165, 1.54) is 0 Å². The second kappa shape index (κ2) is 4.91. The van der Waals surface area contributed by atoms with Crippen LogP contribution in [0.15, 0.2) is 42.7 Å². The van der Waals surface area contributed by atoms with Crippen LogP contribution in [0.2, 0.25) is 0 Å². The summed E-state index contributed by atoms with van der Waals surface area (Å²) in [7, 11) is 0.